The van der Waals surface area contributed by atoms with E-state index in [1.807, 2.05) is 53.6 Å². The summed E-state index contributed by atoms with van der Waals surface area (Å²) >= 11 is 0. The minimum absolute atomic E-state index is 0.0160. The van der Waals surface area contributed by atoms with Gasteiger partial charge in [-0.1, -0.05) is 54.6 Å². The lowest BCUT2D eigenvalue weighted by molar-refractivity contribution is -0.117. The molecule has 40 heavy (non-hydrogen) atoms. The number of aromatic nitrogens is 3. The van der Waals surface area contributed by atoms with Crippen LogP contribution in [0.1, 0.15) is 55.3 Å². The highest BCUT2D eigenvalue weighted by Crippen LogP contribution is 2.47. The van der Waals surface area contributed by atoms with Gasteiger partial charge in [-0.15, -0.1) is 5.10 Å². The van der Waals surface area contributed by atoms with Gasteiger partial charge < -0.3 is 18.9 Å². The normalized spacial score (nSPS) is 24.1. The van der Waals surface area contributed by atoms with Gasteiger partial charge in [0.1, 0.15) is 0 Å². The first kappa shape index (κ1) is 28.6. The summed E-state index contributed by atoms with van der Waals surface area (Å²) in [7, 11) is -2.98. The standard InChI is InChI=1S/C31H41FN4O3Si/c1-22-28(15-14-23-9-7-12-25(19-23)36-17-8-13-30(36)38)39-29(31(22)40(2,3)32)16-18-35-20-27(33-34-35)26(21-37)24-10-5-4-6-11-24/h4-7,9-12,19-20,22,26,28-29,31,37H,8,13-18,21H2,1-3H3/t22-,26?,28+,29-,31+/m1/s1. The van der Waals surface area contributed by atoms with E-state index in [0.29, 0.717) is 19.4 Å². The topological polar surface area (TPSA) is 80.5 Å². The van der Waals surface area contributed by atoms with Crippen molar-refractivity contribution in [2.75, 3.05) is 18.1 Å². The van der Waals surface area contributed by atoms with Crippen molar-refractivity contribution < 1.29 is 18.7 Å². The number of aliphatic hydroxyl groups excluding tert-OH is 1. The molecule has 1 amide bonds. The molecule has 214 valence electrons. The van der Waals surface area contributed by atoms with Crippen molar-refractivity contribution in [2.45, 2.75) is 82.3 Å². The molecule has 0 spiro atoms. The van der Waals surface area contributed by atoms with Crippen LogP contribution in [0, 0.1) is 5.92 Å². The highest BCUT2D eigenvalue weighted by molar-refractivity contribution is 6.72. The second-order valence-corrected chi connectivity index (χ2v) is 15.7. The fourth-order valence-electron chi connectivity index (χ4n) is 6.66. The quantitative estimate of drug-likeness (QED) is 0.246. The van der Waals surface area contributed by atoms with Gasteiger partial charge in [-0.3, -0.25) is 9.48 Å². The van der Waals surface area contributed by atoms with Gasteiger partial charge >= 0.3 is 0 Å². The Bertz CT molecular complexity index is 1280. The third kappa shape index (κ3) is 6.37. The molecule has 2 saturated heterocycles. The molecule has 2 fully saturated rings. The van der Waals surface area contributed by atoms with Crippen LogP contribution >= 0.6 is 0 Å². The Kier molecular flexibility index (Phi) is 8.82. The number of carbonyl (C=O) groups is 1. The van der Waals surface area contributed by atoms with Gasteiger partial charge in [-0.05, 0) is 68.0 Å². The van der Waals surface area contributed by atoms with Crippen molar-refractivity contribution in [3.8, 4) is 0 Å². The summed E-state index contributed by atoms with van der Waals surface area (Å²) in [5, 5.41) is 18.6. The molecule has 2 aliphatic rings. The summed E-state index contributed by atoms with van der Waals surface area (Å²) in [4.78, 5) is 14.1. The molecule has 2 aliphatic heterocycles. The van der Waals surface area contributed by atoms with E-state index in [0.717, 1.165) is 42.8 Å². The van der Waals surface area contributed by atoms with E-state index in [-0.39, 0.29) is 42.1 Å². The van der Waals surface area contributed by atoms with Crippen molar-refractivity contribution in [3.63, 3.8) is 0 Å². The number of nitrogens with zero attached hydrogens (tertiary/aromatic N) is 4. The van der Waals surface area contributed by atoms with Gasteiger partial charge in [0.25, 0.3) is 0 Å². The fourth-order valence-corrected chi connectivity index (χ4v) is 9.25. The number of rotatable bonds is 11. The molecule has 0 aliphatic carbocycles. The second kappa shape index (κ2) is 12.3. The van der Waals surface area contributed by atoms with E-state index in [1.54, 1.807) is 17.8 Å². The van der Waals surface area contributed by atoms with E-state index in [2.05, 4.69) is 29.4 Å². The number of hydrogen-bond acceptors (Lipinski definition) is 5. The number of benzene rings is 2. The minimum atomic E-state index is -2.98. The highest BCUT2D eigenvalue weighted by Gasteiger charge is 2.50. The zero-order chi connectivity index (χ0) is 28.3. The van der Waals surface area contributed by atoms with Gasteiger partial charge in [-0.2, -0.15) is 0 Å². The van der Waals surface area contributed by atoms with Crippen LogP contribution in [0.2, 0.25) is 18.6 Å². The Morgan fingerprint density at radius 3 is 2.62 bits per heavy atom. The van der Waals surface area contributed by atoms with Gasteiger partial charge in [0, 0.05) is 36.9 Å². The van der Waals surface area contributed by atoms with Crippen LogP contribution in [-0.2, 0) is 22.5 Å². The number of amides is 1. The van der Waals surface area contributed by atoms with Crippen LogP contribution in [-0.4, -0.2) is 59.8 Å². The van der Waals surface area contributed by atoms with Crippen LogP contribution < -0.4 is 4.90 Å². The third-order valence-corrected chi connectivity index (χ3v) is 11.1. The zero-order valence-electron chi connectivity index (χ0n) is 23.7. The van der Waals surface area contributed by atoms with Crippen LogP contribution in [0.25, 0.3) is 0 Å². The Balaban J connectivity index is 1.22. The van der Waals surface area contributed by atoms with Crippen molar-refractivity contribution in [1.29, 1.82) is 0 Å². The van der Waals surface area contributed by atoms with Crippen molar-refractivity contribution >= 4 is 20.0 Å². The number of hydrogen-bond donors (Lipinski definition) is 1. The first-order chi connectivity index (χ1) is 19.2. The Morgan fingerprint density at radius 1 is 1.12 bits per heavy atom. The molecule has 1 aromatic heterocycles. The molecule has 0 saturated carbocycles. The van der Waals surface area contributed by atoms with E-state index in [1.165, 1.54) is 5.56 Å². The lowest BCUT2D eigenvalue weighted by Gasteiger charge is -2.28. The molecule has 3 aromatic rings. The average Bonchev–Trinajstić information content (AvgIpc) is 3.66. The van der Waals surface area contributed by atoms with Crippen LogP contribution in [0.5, 0.6) is 0 Å². The smallest absolute Gasteiger partial charge is 0.246 e. The number of aliphatic hydroxyl groups is 1. The summed E-state index contributed by atoms with van der Waals surface area (Å²) < 4.78 is 24.0. The average molecular weight is 565 g/mol. The molecule has 5 rings (SSSR count). The first-order valence-electron chi connectivity index (χ1n) is 14.5. The van der Waals surface area contributed by atoms with Crippen LogP contribution in [0.15, 0.2) is 60.8 Å². The maximum absolute atomic E-state index is 15.6. The van der Waals surface area contributed by atoms with E-state index in [4.69, 9.17) is 4.74 Å². The fraction of sp³-hybridized carbons (Fsp3) is 0.516. The SMILES string of the molecule is C[C@H]1[C@H]([Si](C)(C)F)[C@@H](CCn2cc(C(CO)c3ccccc3)nn2)O[C@H]1CCc1cccc(N2CCCC2=O)c1. The lowest BCUT2D eigenvalue weighted by Crippen LogP contribution is -2.36. The summed E-state index contributed by atoms with van der Waals surface area (Å²) in [5.74, 6) is 0.0921. The van der Waals surface area contributed by atoms with E-state index >= 15 is 4.11 Å². The summed E-state index contributed by atoms with van der Waals surface area (Å²) in [6.07, 6.45) is 5.53. The third-order valence-electron chi connectivity index (χ3n) is 8.65. The maximum Gasteiger partial charge on any atom is 0.246 e. The Hall–Kier alpha value is -2.88. The largest absolute Gasteiger partial charge is 0.395 e. The number of carbonyl (C=O) groups excluding carboxylic acids is 1. The molecule has 1 unspecified atom stereocenters. The lowest BCUT2D eigenvalue weighted by atomic mass is 9.95. The molecule has 2 aromatic carbocycles. The Morgan fingerprint density at radius 2 is 1.93 bits per heavy atom. The molecule has 5 atom stereocenters. The molecule has 9 heteroatoms. The zero-order valence-corrected chi connectivity index (χ0v) is 24.7. The van der Waals surface area contributed by atoms with Crippen LogP contribution in [0.4, 0.5) is 9.80 Å². The summed E-state index contributed by atoms with van der Waals surface area (Å²) in [5.41, 5.74) is 3.77. The molecule has 1 N–H and O–H groups in total. The number of halogens is 1. The van der Waals surface area contributed by atoms with Gasteiger partial charge in [0.2, 0.25) is 14.3 Å². The molecule has 7 nitrogen and oxygen atoms in total. The minimum Gasteiger partial charge on any atom is -0.395 e. The molecule has 3 heterocycles. The summed E-state index contributed by atoms with van der Waals surface area (Å²) in [6, 6.07) is 18.0. The summed E-state index contributed by atoms with van der Waals surface area (Å²) in [6.45, 7) is 7.05. The van der Waals surface area contributed by atoms with Crippen molar-refractivity contribution in [2.24, 2.45) is 5.92 Å². The number of aryl methyl sites for hydroxylation is 2. The first-order valence-corrected chi connectivity index (χ1v) is 17.5. The highest BCUT2D eigenvalue weighted by atomic mass is 28.4. The number of ether oxygens (including phenoxy) is 1. The van der Waals surface area contributed by atoms with Crippen LogP contribution in [0.3, 0.4) is 0 Å². The van der Waals surface area contributed by atoms with E-state index < -0.39 is 8.41 Å². The van der Waals surface area contributed by atoms with Gasteiger partial charge in [-0.25, -0.2) is 0 Å². The van der Waals surface area contributed by atoms with Gasteiger partial charge in [0.15, 0.2) is 0 Å². The van der Waals surface area contributed by atoms with Crippen molar-refractivity contribution in [3.05, 3.63) is 77.6 Å². The Labute approximate surface area is 237 Å². The monoisotopic (exact) mass is 564 g/mol. The number of anilines is 1. The predicted molar refractivity (Wildman–Crippen MR) is 157 cm³/mol. The molecular weight excluding hydrogens is 523 g/mol. The van der Waals surface area contributed by atoms with Crippen molar-refractivity contribution in [1.82, 2.24) is 15.0 Å². The maximum atomic E-state index is 15.6. The molecule has 0 bridgehead atoms. The molecular formula is C31H41FN4O3Si. The molecule has 0 radical (unpaired) electrons. The van der Waals surface area contributed by atoms with E-state index in [9.17, 15) is 9.90 Å². The second-order valence-electron chi connectivity index (χ2n) is 11.9. The van der Waals surface area contributed by atoms with Gasteiger partial charge in [0.05, 0.1) is 30.4 Å². The predicted octanol–water partition coefficient (Wildman–Crippen LogP) is 5.50.